The van der Waals surface area contributed by atoms with Gasteiger partial charge in [-0.2, -0.15) is 0 Å². The van der Waals surface area contributed by atoms with Gasteiger partial charge in [0.25, 0.3) is 0 Å². The molecule has 2 aromatic rings. The highest BCUT2D eigenvalue weighted by molar-refractivity contribution is 5.47. The van der Waals surface area contributed by atoms with Crippen molar-refractivity contribution in [2.45, 2.75) is 25.0 Å². The Hall–Kier alpha value is -2.00. The summed E-state index contributed by atoms with van der Waals surface area (Å²) >= 11 is 0. The summed E-state index contributed by atoms with van der Waals surface area (Å²) in [5.74, 6) is 1.93. The number of fused-ring (bicyclic) bond motifs is 2. The molecule has 0 aliphatic carbocycles. The van der Waals surface area contributed by atoms with E-state index < -0.39 is 0 Å². The number of ether oxygens (including phenoxy) is 2. The third-order valence-corrected chi connectivity index (χ3v) is 4.18. The van der Waals surface area contributed by atoms with Gasteiger partial charge >= 0.3 is 0 Å². The molecule has 2 unspecified atom stereocenters. The van der Waals surface area contributed by atoms with Crippen molar-refractivity contribution in [2.24, 2.45) is 5.73 Å². The second kappa shape index (κ2) is 4.53. The lowest BCUT2D eigenvalue weighted by atomic mass is 9.96. The highest BCUT2D eigenvalue weighted by Gasteiger charge is 2.31. The molecule has 0 bridgehead atoms. The van der Waals surface area contributed by atoms with Crippen LogP contribution in [0.5, 0.6) is 11.5 Å². The lowest BCUT2D eigenvalue weighted by molar-refractivity contribution is 0.197. The van der Waals surface area contributed by atoms with Crippen LogP contribution < -0.4 is 15.2 Å². The van der Waals surface area contributed by atoms with Crippen molar-refractivity contribution in [3.63, 3.8) is 0 Å². The number of para-hydroxylation sites is 2. The van der Waals surface area contributed by atoms with Gasteiger partial charge in [-0.25, -0.2) is 0 Å². The van der Waals surface area contributed by atoms with Crippen molar-refractivity contribution >= 4 is 0 Å². The zero-order chi connectivity index (χ0) is 13.5. The number of rotatable bonds is 2. The third-order valence-electron chi connectivity index (χ3n) is 4.18. The molecule has 102 valence electrons. The van der Waals surface area contributed by atoms with Crippen LogP contribution in [0.2, 0.25) is 0 Å². The molecule has 0 amide bonds. The first-order chi connectivity index (χ1) is 9.83. The van der Waals surface area contributed by atoms with E-state index in [4.69, 9.17) is 15.2 Å². The summed E-state index contributed by atoms with van der Waals surface area (Å²) in [4.78, 5) is 0. The maximum absolute atomic E-state index is 6.45. The monoisotopic (exact) mass is 267 g/mol. The second-order valence-corrected chi connectivity index (χ2v) is 5.43. The van der Waals surface area contributed by atoms with Crippen molar-refractivity contribution in [3.8, 4) is 11.5 Å². The van der Waals surface area contributed by atoms with Crippen molar-refractivity contribution < 1.29 is 9.47 Å². The minimum absolute atomic E-state index is 0.0110. The van der Waals surface area contributed by atoms with Crippen LogP contribution in [0.15, 0.2) is 42.5 Å². The quantitative estimate of drug-likeness (QED) is 0.909. The normalized spacial score (nSPS) is 20.8. The van der Waals surface area contributed by atoms with E-state index in [1.807, 2.05) is 18.2 Å². The third kappa shape index (κ3) is 1.78. The summed E-state index contributed by atoms with van der Waals surface area (Å²) in [5, 5.41) is 0. The van der Waals surface area contributed by atoms with E-state index in [0.29, 0.717) is 0 Å². The zero-order valence-electron chi connectivity index (χ0n) is 11.2. The van der Waals surface area contributed by atoms with Gasteiger partial charge in [-0.3, -0.25) is 0 Å². The van der Waals surface area contributed by atoms with Crippen molar-refractivity contribution in [3.05, 3.63) is 59.2 Å². The van der Waals surface area contributed by atoms with E-state index >= 15 is 0 Å². The fourth-order valence-electron chi connectivity index (χ4n) is 3.11. The Kier molecular flexibility index (Phi) is 2.67. The lowest BCUT2D eigenvalue weighted by Gasteiger charge is -2.21. The maximum Gasteiger partial charge on any atom is 0.127 e. The first-order valence-corrected chi connectivity index (χ1v) is 7.07. The van der Waals surface area contributed by atoms with Gasteiger partial charge in [0.1, 0.15) is 17.6 Å². The molecule has 2 N–H and O–H groups in total. The van der Waals surface area contributed by atoms with Crippen LogP contribution in [-0.4, -0.2) is 12.7 Å². The Morgan fingerprint density at radius 2 is 1.90 bits per heavy atom. The average Bonchev–Trinajstić information content (AvgIpc) is 3.12. The van der Waals surface area contributed by atoms with Crippen LogP contribution in [0.4, 0.5) is 0 Å². The number of hydrogen-bond donors (Lipinski definition) is 1. The van der Waals surface area contributed by atoms with Crippen LogP contribution in [0.1, 0.15) is 22.7 Å². The number of hydrogen-bond acceptors (Lipinski definition) is 3. The summed E-state index contributed by atoms with van der Waals surface area (Å²) in [6, 6.07) is 14.2. The minimum Gasteiger partial charge on any atom is -0.493 e. The Balaban J connectivity index is 1.64. The summed E-state index contributed by atoms with van der Waals surface area (Å²) in [5.41, 5.74) is 10.0. The molecule has 3 nitrogen and oxygen atoms in total. The molecule has 0 aromatic heterocycles. The van der Waals surface area contributed by atoms with E-state index in [2.05, 4.69) is 24.3 Å². The van der Waals surface area contributed by atoms with E-state index in [0.717, 1.165) is 36.5 Å². The average molecular weight is 267 g/mol. The van der Waals surface area contributed by atoms with Gasteiger partial charge in [-0.15, -0.1) is 0 Å². The molecule has 2 aliphatic heterocycles. The van der Waals surface area contributed by atoms with Crippen molar-refractivity contribution in [1.82, 2.24) is 0 Å². The zero-order valence-corrected chi connectivity index (χ0v) is 11.2. The van der Waals surface area contributed by atoms with Crippen LogP contribution in [-0.2, 0) is 12.8 Å². The Bertz CT molecular complexity index is 628. The molecule has 0 spiro atoms. The SMILES string of the molecule is NC(c1cccc2c1OCC2)C1Cc2ccccc2O1. The molecule has 0 saturated carbocycles. The maximum atomic E-state index is 6.45. The lowest BCUT2D eigenvalue weighted by Crippen LogP contribution is -2.30. The van der Waals surface area contributed by atoms with Gasteiger partial charge < -0.3 is 15.2 Å². The highest BCUT2D eigenvalue weighted by atomic mass is 16.5. The number of benzene rings is 2. The van der Waals surface area contributed by atoms with E-state index in [1.165, 1.54) is 11.1 Å². The smallest absolute Gasteiger partial charge is 0.127 e. The fraction of sp³-hybridized carbons (Fsp3) is 0.294. The predicted molar refractivity (Wildman–Crippen MR) is 77.1 cm³/mol. The molecule has 2 aromatic carbocycles. The summed E-state index contributed by atoms with van der Waals surface area (Å²) in [7, 11) is 0. The first-order valence-electron chi connectivity index (χ1n) is 7.07. The largest absolute Gasteiger partial charge is 0.493 e. The number of nitrogens with two attached hydrogens (primary N) is 1. The Morgan fingerprint density at radius 1 is 1.05 bits per heavy atom. The first kappa shape index (κ1) is 11.8. The van der Waals surface area contributed by atoms with Crippen LogP contribution in [0, 0.1) is 0 Å². The molecule has 0 radical (unpaired) electrons. The summed E-state index contributed by atoms with van der Waals surface area (Å²) in [6.45, 7) is 0.755. The van der Waals surface area contributed by atoms with Crippen LogP contribution in [0.25, 0.3) is 0 Å². The molecule has 0 saturated heterocycles. The molecule has 2 aliphatic rings. The van der Waals surface area contributed by atoms with Gasteiger partial charge in [0, 0.05) is 18.4 Å². The van der Waals surface area contributed by atoms with Crippen LogP contribution >= 0.6 is 0 Å². The second-order valence-electron chi connectivity index (χ2n) is 5.43. The van der Waals surface area contributed by atoms with Gasteiger partial charge in [0.15, 0.2) is 0 Å². The molecular formula is C17H17NO2. The Morgan fingerprint density at radius 3 is 2.80 bits per heavy atom. The van der Waals surface area contributed by atoms with Gasteiger partial charge in [-0.1, -0.05) is 36.4 Å². The van der Waals surface area contributed by atoms with Gasteiger partial charge in [0.05, 0.1) is 12.6 Å². The Labute approximate surface area is 118 Å². The summed E-state index contributed by atoms with van der Waals surface area (Å²) in [6.07, 6.45) is 1.82. The highest BCUT2D eigenvalue weighted by Crippen LogP contribution is 2.38. The molecule has 3 heteroatoms. The minimum atomic E-state index is -0.157. The van der Waals surface area contributed by atoms with Crippen LogP contribution in [0.3, 0.4) is 0 Å². The van der Waals surface area contributed by atoms with E-state index in [-0.39, 0.29) is 12.1 Å². The molecule has 20 heavy (non-hydrogen) atoms. The predicted octanol–water partition coefficient (Wildman–Crippen LogP) is 2.63. The molecule has 0 fully saturated rings. The van der Waals surface area contributed by atoms with E-state index in [1.54, 1.807) is 0 Å². The van der Waals surface area contributed by atoms with E-state index in [9.17, 15) is 0 Å². The molecule has 4 rings (SSSR count). The fourth-order valence-corrected chi connectivity index (χ4v) is 3.11. The molecule has 2 atom stereocenters. The van der Waals surface area contributed by atoms with Crippen molar-refractivity contribution in [2.75, 3.05) is 6.61 Å². The molecular weight excluding hydrogens is 250 g/mol. The molecule has 2 heterocycles. The van der Waals surface area contributed by atoms with Crippen molar-refractivity contribution in [1.29, 1.82) is 0 Å². The standard InChI is InChI=1S/C17H17NO2/c18-16(13-6-3-5-11-8-9-19-17(11)13)15-10-12-4-1-2-7-14(12)20-15/h1-7,15-16H,8-10,18H2. The summed E-state index contributed by atoms with van der Waals surface area (Å²) < 4.78 is 11.8. The topological polar surface area (TPSA) is 44.5 Å². The van der Waals surface area contributed by atoms with Gasteiger partial charge in [-0.05, 0) is 17.2 Å². The van der Waals surface area contributed by atoms with Gasteiger partial charge in [0.2, 0.25) is 0 Å².